The van der Waals surface area contributed by atoms with Crippen LogP contribution >= 0.6 is 0 Å². The highest BCUT2D eigenvalue weighted by Crippen LogP contribution is 2.23. The van der Waals surface area contributed by atoms with E-state index in [9.17, 15) is 4.79 Å². The Kier molecular flexibility index (Phi) is 4.30. The number of cyclic esters (lactones) is 1. The van der Waals surface area contributed by atoms with Crippen LogP contribution in [0.4, 0.5) is 11.4 Å². The fraction of sp³-hybridized carbons (Fsp3) is 0.533. The second kappa shape index (κ2) is 5.95. The Morgan fingerprint density at radius 1 is 1.37 bits per heavy atom. The molecule has 0 spiro atoms. The second-order valence-electron chi connectivity index (χ2n) is 5.24. The molecule has 0 radical (unpaired) electrons. The van der Waals surface area contributed by atoms with Gasteiger partial charge in [0.15, 0.2) is 0 Å². The molecule has 0 aromatic heterocycles. The Balaban J connectivity index is 1.85. The maximum Gasteiger partial charge on any atom is 0.306 e. The van der Waals surface area contributed by atoms with Gasteiger partial charge in [0.05, 0.1) is 11.4 Å². The van der Waals surface area contributed by atoms with Crippen molar-refractivity contribution in [2.75, 3.05) is 17.6 Å². The van der Waals surface area contributed by atoms with Gasteiger partial charge in [-0.15, -0.1) is 0 Å². The number of aryl methyl sites for hydroxylation is 2. The second-order valence-corrected chi connectivity index (χ2v) is 5.24. The van der Waals surface area contributed by atoms with E-state index in [0.29, 0.717) is 6.42 Å². The summed E-state index contributed by atoms with van der Waals surface area (Å²) in [5.41, 5.74) is 10.1. The van der Waals surface area contributed by atoms with Gasteiger partial charge in [0.25, 0.3) is 0 Å². The number of hydrogen-bond donors (Lipinski definition) is 2. The van der Waals surface area contributed by atoms with Crippen LogP contribution in [0.15, 0.2) is 12.1 Å². The lowest BCUT2D eigenvalue weighted by Crippen LogP contribution is -2.25. The first-order valence-corrected chi connectivity index (χ1v) is 6.86. The molecule has 1 aliphatic heterocycles. The van der Waals surface area contributed by atoms with Crippen LogP contribution in [-0.4, -0.2) is 18.6 Å². The van der Waals surface area contributed by atoms with Crippen LogP contribution in [0.1, 0.15) is 36.8 Å². The number of esters is 1. The average Bonchev–Trinajstić information content (AvgIpc) is 2.35. The van der Waals surface area contributed by atoms with Crippen molar-refractivity contribution in [1.82, 2.24) is 0 Å². The molecule has 4 heteroatoms. The van der Waals surface area contributed by atoms with E-state index in [1.54, 1.807) is 0 Å². The first-order chi connectivity index (χ1) is 9.06. The minimum absolute atomic E-state index is 0.0570. The summed E-state index contributed by atoms with van der Waals surface area (Å²) in [5, 5.41) is 3.33. The van der Waals surface area contributed by atoms with Crippen LogP contribution < -0.4 is 11.1 Å². The van der Waals surface area contributed by atoms with Crippen molar-refractivity contribution >= 4 is 17.3 Å². The molecular weight excluding hydrogens is 240 g/mol. The third-order valence-electron chi connectivity index (χ3n) is 3.65. The fourth-order valence-electron chi connectivity index (χ4n) is 2.34. The number of nitrogens with one attached hydrogen (secondary N) is 1. The molecule has 1 aromatic rings. The number of anilines is 2. The van der Waals surface area contributed by atoms with E-state index in [2.05, 4.69) is 25.2 Å². The van der Waals surface area contributed by atoms with Crippen LogP contribution in [0.3, 0.4) is 0 Å². The van der Waals surface area contributed by atoms with Gasteiger partial charge in [-0.1, -0.05) is 0 Å². The monoisotopic (exact) mass is 262 g/mol. The molecule has 0 amide bonds. The van der Waals surface area contributed by atoms with Gasteiger partial charge >= 0.3 is 5.97 Å². The molecule has 1 atom stereocenters. The van der Waals surface area contributed by atoms with Gasteiger partial charge in [-0.3, -0.25) is 4.79 Å². The van der Waals surface area contributed by atoms with Crippen LogP contribution in [-0.2, 0) is 9.53 Å². The van der Waals surface area contributed by atoms with Crippen molar-refractivity contribution < 1.29 is 9.53 Å². The summed E-state index contributed by atoms with van der Waals surface area (Å²) in [4.78, 5) is 11.2. The van der Waals surface area contributed by atoms with E-state index >= 15 is 0 Å². The number of nitrogen functional groups attached to an aromatic ring is 1. The molecule has 0 saturated carbocycles. The Morgan fingerprint density at radius 3 is 2.84 bits per heavy atom. The fourth-order valence-corrected chi connectivity index (χ4v) is 2.34. The third-order valence-corrected chi connectivity index (χ3v) is 3.65. The molecule has 104 valence electrons. The summed E-state index contributed by atoms with van der Waals surface area (Å²) in [6.07, 6.45) is 3.36. The molecule has 0 bridgehead atoms. The smallest absolute Gasteiger partial charge is 0.306 e. The number of ether oxygens (including phenoxy) is 1. The number of hydrogen-bond acceptors (Lipinski definition) is 4. The van der Waals surface area contributed by atoms with Crippen LogP contribution in [0.2, 0.25) is 0 Å². The van der Waals surface area contributed by atoms with Gasteiger partial charge < -0.3 is 15.8 Å². The summed E-state index contributed by atoms with van der Waals surface area (Å²) >= 11 is 0. The molecule has 4 nitrogen and oxygen atoms in total. The first-order valence-electron chi connectivity index (χ1n) is 6.86. The number of carbonyl (C=O) groups is 1. The minimum atomic E-state index is -0.0676. The van der Waals surface area contributed by atoms with Crippen molar-refractivity contribution in [1.29, 1.82) is 0 Å². The third kappa shape index (κ3) is 3.63. The number of benzene rings is 1. The van der Waals surface area contributed by atoms with Crippen molar-refractivity contribution in [3.05, 3.63) is 23.3 Å². The van der Waals surface area contributed by atoms with E-state index in [1.165, 1.54) is 11.1 Å². The highest BCUT2D eigenvalue weighted by atomic mass is 16.5. The maximum absolute atomic E-state index is 11.2. The Morgan fingerprint density at radius 2 is 2.11 bits per heavy atom. The van der Waals surface area contributed by atoms with Gasteiger partial charge in [-0.2, -0.15) is 0 Å². The molecule has 1 fully saturated rings. The predicted octanol–water partition coefficient (Wildman–Crippen LogP) is 2.78. The largest absolute Gasteiger partial charge is 0.462 e. The summed E-state index contributed by atoms with van der Waals surface area (Å²) < 4.78 is 5.29. The first kappa shape index (κ1) is 13.7. The predicted molar refractivity (Wildman–Crippen MR) is 77.2 cm³/mol. The molecule has 2 rings (SSSR count). The lowest BCUT2D eigenvalue weighted by atomic mass is 10.1. The van der Waals surface area contributed by atoms with Crippen molar-refractivity contribution in [2.45, 2.75) is 45.6 Å². The zero-order valence-electron chi connectivity index (χ0n) is 11.7. The Bertz CT molecular complexity index is 471. The molecular formula is C15H22N2O2. The molecule has 1 aliphatic rings. The molecule has 19 heavy (non-hydrogen) atoms. The van der Waals surface area contributed by atoms with E-state index in [4.69, 9.17) is 10.5 Å². The standard InChI is InChI=1S/C15H22N2O2/c1-10-8-13(16)14(9-11(10)2)17-7-6-12-4-3-5-15(18)19-12/h8-9,12,17H,3-7,16H2,1-2H3. The topological polar surface area (TPSA) is 64.3 Å². The van der Waals surface area contributed by atoms with E-state index in [1.807, 2.05) is 6.07 Å². The van der Waals surface area contributed by atoms with Gasteiger partial charge in [-0.05, 0) is 49.9 Å². The normalized spacial score (nSPS) is 19.1. The SMILES string of the molecule is Cc1cc(N)c(NCCC2CCCC(=O)O2)cc1C. The van der Waals surface area contributed by atoms with E-state index < -0.39 is 0 Å². The van der Waals surface area contributed by atoms with Gasteiger partial charge in [0.2, 0.25) is 0 Å². The van der Waals surface area contributed by atoms with Crippen LogP contribution in [0.5, 0.6) is 0 Å². The summed E-state index contributed by atoms with van der Waals surface area (Å²) in [7, 11) is 0. The Hall–Kier alpha value is -1.71. The molecule has 1 aromatic carbocycles. The minimum Gasteiger partial charge on any atom is -0.462 e. The Labute approximate surface area is 114 Å². The van der Waals surface area contributed by atoms with E-state index in [0.717, 1.165) is 37.2 Å². The average molecular weight is 262 g/mol. The van der Waals surface area contributed by atoms with Crippen molar-refractivity contribution in [2.24, 2.45) is 0 Å². The molecule has 1 unspecified atom stereocenters. The highest BCUT2D eigenvalue weighted by molar-refractivity contribution is 5.70. The highest BCUT2D eigenvalue weighted by Gasteiger charge is 2.19. The summed E-state index contributed by atoms with van der Waals surface area (Å²) in [6, 6.07) is 4.05. The molecule has 1 heterocycles. The van der Waals surface area contributed by atoms with Gasteiger partial charge in [0.1, 0.15) is 6.10 Å². The molecule has 0 aliphatic carbocycles. The van der Waals surface area contributed by atoms with Crippen molar-refractivity contribution in [3.8, 4) is 0 Å². The van der Waals surface area contributed by atoms with Crippen LogP contribution in [0.25, 0.3) is 0 Å². The lowest BCUT2D eigenvalue weighted by molar-refractivity contribution is -0.153. The molecule has 3 N–H and O–H groups in total. The summed E-state index contributed by atoms with van der Waals surface area (Å²) in [5.74, 6) is -0.0676. The quantitative estimate of drug-likeness (QED) is 0.647. The maximum atomic E-state index is 11.2. The number of carbonyl (C=O) groups excluding carboxylic acids is 1. The van der Waals surface area contributed by atoms with E-state index in [-0.39, 0.29) is 12.1 Å². The van der Waals surface area contributed by atoms with Gasteiger partial charge in [-0.25, -0.2) is 0 Å². The molecule has 1 saturated heterocycles. The summed E-state index contributed by atoms with van der Waals surface area (Å²) in [6.45, 7) is 4.89. The van der Waals surface area contributed by atoms with Crippen molar-refractivity contribution in [3.63, 3.8) is 0 Å². The lowest BCUT2D eigenvalue weighted by Gasteiger charge is -2.22. The van der Waals surface area contributed by atoms with Gasteiger partial charge in [0, 0.05) is 19.4 Å². The number of rotatable bonds is 4. The zero-order chi connectivity index (χ0) is 13.8. The number of nitrogens with two attached hydrogens (primary N) is 1. The zero-order valence-corrected chi connectivity index (χ0v) is 11.7. The van der Waals surface area contributed by atoms with Crippen LogP contribution in [0, 0.1) is 13.8 Å².